The van der Waals surface area contributed by atoms with Crippen LogP contribution in [0, 0.1) is 29.5 Å². The van der Waals surface area contributed by atoms with Gasteiger partial charge in [0.05, 0.1) is 10.5 Å². The van der Waals surface area contributed by atoms with Gasteiger partial charge in [-0.05, 0) is 91.3 Å². The molecule has 0 spiro atoms. The maximum absolute atomic E-state index is 13.9. The molecule has 0 saturated heterocycles. The van der Waals surface area contributed by atoms with Crippen LogP contribution in [0.1, 0.15) is 49.8 Å². The third-order valence-corrected chi connectivity index (χ3v) is 7.81. The smallest absolute Gasteiger partial charge is 0.141 e. The Morgan fingerprint density at radius 2 is 1.87 bits per heavy atom. The van der Waals surface area contributed by atoms with E-state index in [-0.39, 0.29) is 17.5 Å². The number of carbonyl (C=O) groups is 1. The maximum atomic E-state index is 13.9. The van der Waals surface area contributed by atoms with Crippen molar-refractivity contribution in [3.63, 3.8) is 0 Å². The Balaban J connectivity index is 1.24. The zero-order valence-corrected chi connectivity index (χ0v) is 18.4. The van der Waals surface area contributed by atoms with Gasteiger partial charge in [0.15, 0.2) is 0 Å². The van der Waals surface area contributed by atoms with E-state index >= 15 is 0 Å². The van der Waals surface area contributed by atoms with Crippen molar-refractivity contribution in [2.24, 2.45) is 23.7 Å². The van der Waals surface area contributed by atoms with E-state index in [4.69, 9.17) is 11.6 Å². The van der Waals surface area contributed by atoms with E-state index in [0.29, 0.717) is 35.1 Å². The van der Waals surface area contributed by atoms with E-state index in [1.54, 1.807) is 24.4 Å². The van der Waals surface area contributed by atoms with Gasteiger partial charge < -0.3 is 0 Å². The Hall–Kier alpha value is -2.33. The van der Waals surface area contributed by atoms with Crippen LogP contribution in [-0.4, -0.2) is 15.8 Å². The van der Waals surface area contributed by atoms with Crippen molar-refractivity contribution in [2.75, 3.05) is 0 Å². The fourth-order valence-electron chi connectivity index (χ4n) is 5.93. The summed E-state index contributed by atoms with van der Waals surface area (Å²) in [6.45, 7) is 2.08. The van der Waals surface area contributed by atoms with Crippen LogP contribution in [-0.2, 0) is 11.2 Å². The first-order valence-electron chi connectivity index (χ1n) is 11.1. The van der Waals surface area contributed by atoms with Crippen molar-refractivity contribution in [1.82, 2.24) is 9.97 Å². The van der Waals surface area contributed by atoms with Crippen molar-refractivity contribution in [1.29, 1.82) is 0 Å². The van der Waals surface area contributed by atoms with Gasteiger partial charge in [-0.15, -0.1) is 0 Å². The average molecular weight is 437 g/mol. The molecule has 5 rings (SSSR count). The lowest BCUT2D eigenvalue weighted by atomic mass is 9.83. The quantitative estimate of drug-likeness (QED) is 0.465. The number of pyridine rings is 2. The summed E-state index contributed by atoms with van der Waals surface area (Å²) in [6.07, 6.45) is 8.29. The van der Waals surface area contributed by atoms with Gasteiger partial charge in [0.25, 0.3) is 0 Å². The third-order valence-electron chi connectivity index (χ3n) is 7.59. The predicted octanol–water partition coefficient (Wildman–Crippen LogP) is 6.39. The number of fused-ring (bicyclic) bond motifs is 2. The highest BCUT2D eigenvalue weighted by Crippen LogP contribution is 2.54. The summed E-state index contributed by atoms with van der Waals surface area (Å²) in [5, 5.41) is 1.54. The molecule has 0 bridgehead atoms. The first-order chi connectivity index (χ1) is 15.0. The summed E-state index contributed by atoms with van der Waals surface area (Å²) < 4.78 is 13.9. The van der Waals surface area contributed by atoms with Crippen LogP contribution >= 0.6 is 11.6 Å². The third kappa shape index (κ3) is 4.10. The second-order valence-corrected chi connectivity index (χ2v) is 9.82. The van der Waals surface area contributed by atoms with Crippen molar-refractivity contribution >= 4 is 28.3 Å². The van der Waals surface area contributed by atoms with Crippen LogP contribution in [0.15, 0.2) is 48.8 Å². The number of ketones is 1. The Kier molecular flexibility index (Phi) is 5.51. The largest absolute Gasteiger partial charge is 0.299 e. The topological polar surface area (TPSA) is 42.9 Å². The minimum atomic E-state index is -0.206. The molecule has 160 valence electrons. The SMILES string of the molecule is C[C@H](C(=O)Cc1ccc(Cl)cn1)C1C[C@H]2CC(c3ccnc4ccc(F)cc34)C[C@H]2C1. The van der Waals surface area contributed by atoms with E-state index in [2.05, 4.69) is 23.0 Å². The predicted molar refractivity (Wildman–Crippen MR) is 121 cm³/mol. The van der Waals surface area contributed by atoms with Gasteiger partial charge in [-0.3, -0.25) is 14.8 Å². The lowest BCUT2D eigenvalue weighted by Gasteiger charge is -2.21. The summed E-state index contributed by atoms with van der Waals surface area (Å²) in [6, 6.07) is 10.6. The van der Waals surface area contributed by atoms with Crippen molar-refractivity contribution in [2.45, 2.75) is 44.9 Å². The number of Topliss-reactive ketones (excluding diaryl/α,β-unsaturated/α-hetero) is 1. The van der Waals surface area contributed by atoms with Gasteiger partial charge in [-0.2, -0.15) is 0 Å². The molecule has 2 heterocycles. The molecule has 5 heteroatoms. The minimum absolute atomic E-state index is 0.0531. The van der Waals surface area contributed by atoms with Crippen LogP contribution in [0.5, 0.6) is 0 Å². The minimum Gasteiger partial charge on any atom is -0.299 e. The zero-order valence-electron chi connectivity index (χ0n) is 17.6. The van der Waals surface area contributed by atoms with Gasteiger partial charge >= 0.3 is 0 Å². The van der Waals surface area contributed by atoms with Crippen LogP contribution in [0.4, 0.5) is 4.39 Å². The molecule has 0 N–H and O–H groups in total. The van der Waals surface area contributed by atoms with Crippen LogP contribution in [0.3, 0.4) is 0 Å². The van der Waals surface area contributed by atoms with Gasteiger partial charge in [0, 0.05) is 35.8 Å². The van der Waals surface area contributed by atoms with Gasteiger partial charge in [-0.1, -0.05) is 18.5 Å². The summed E-state index contributed by atoms with van der Waals surface area (Å²) >= 11 is 5.90. The zero-order chi connectivity index (χ0) is 21.5. The molecule has 3 aromatic rings. The van der Waals surface area contributed by atoms with Crippen molar-refractivity contribution in [3.05, 3.63) is 70.9 Å². The summed E-state index contributed by atoms with van der Waals surface area (Å²) in [5.74, 6) is 2.31. The molecule has 2 saturated carbocycles. The van der Waals surface area contributed by atoms with Gasteiger partial charge in [0.2, 0.25) is 0 Å². The van der Waals surface area contributed by atoms with Gasteiger partial charge in [0.1, 0.15) is 11.6 Å². The Morgan fingerprint density at radius 1 is 1.10 bits per heavy atom. The monoisotopic (exact) mass is 436 g/mol. The number of nitrogens with zero attached hydrogens (tertiary/aromatic N) is 2. The molecule has 0 radical (unpaired) electrons. The molecule has 1 aromatic carbocycles. The highest BCUT2D eigenvalue weighted by atomic mass is 35.5. The number of benzene rings is 1. The molecule has 2 aromatic heterocycles. The summed E-state index contributed by atoms with van der Waals surface area (Å²) in [7, 11) is 0. The molecule has 2 fully saturated rings. The fraction of sp³-hybridized carbons (Fsp3) is 0.423. The average Bonchev–Trinajstić information content (AvgIpc) is 3.33. The van der Waals surface area contributed by atoms with Crippen molar-refractivity contribution in [3.8, 4) is 0 Å². The Morgan fingerprint density at radius 3 is 2.58 bits per heavy atom. The molecule has 31 heavy (non-hydrogen) atoms. The number of aromatic nitrogens is 2. The van der Waals surface area contributed by atoms with Crippen LogP contribution < -0.4 is 0 Å². The lowest BCUT2D eigenvalue weighted by molar-refractivity contribution is -0.123. The van der Waals surface area contributed by atoms with Crippen LogP contribution in [0.2, 0.25) is 5.02 Å². The summed E-state index contributed by atoms with van der Waals surface area (Å²) in [4.78, 5) is 21.5. The first kappa shape index (κ1) is 20.6. The molecule has 2 aliphatic rings. The summed E-state index contributed by atoms with van der Waals surface area (Å²) in [5.41, 5.74) is 2.88. The maximum Gasteiger partial charge on any atom is 0.141 e. The normalized spacial score (nSPS) is 26.2. The molecule has 0 amide bonds. The number of hydrogen-bond acceptors (Lipinski definition) is 3. The highest BCUT2D eigenvalue weighted by Gasteiger charge is 2.44. The van der Waals surface area contributed by atoms with Gasteiger partial charge in [-0.25, -0.2) is 4.39 Å². The number of rotatable bonds is 5. The molecule has 2 unspecified atom stereocenters. The molecular formula is C26H26ClFN2O. The fourth-order valence-corrected chi connectivity index (χ4v) is 6.05. The number of carbonyl (C=O) groups excluding carboxylic acids is 1. The Labute approximate surface area is 187 Å². The van der Waals surface area contributed by atoms with E-state index in [1.807, 2.05) is 12.3 Å². The van der Waals surface area contributed by atoms with Crippen LogP contribution in [0.25, 0.3) is 10.9 Å². The molecular weight excluding hydrogens is 411 g/mol. The highest BCUT2D eigenvalue weighted by molar-refractivity contribution is 6.30. The number of halogens is 2. The molecule has 2 aliphatic carbocycles. The van der Waals surface area contributed by atoms with E-state index in [9.17, 15) is 9.18 Å². The molecule has 0 aliphatic heterocycles. The standard InChI is InChI=1S/C26H26ClFN2O/c1-15(26(31)13-22-4-2-20(27)14-30-22)16-8-17-10-19(11-18(17)9-16)23-6-7-29-25-5-3-21(28)12-24(23)25/h2-7,12,14-19H,8-11,13H2,1H3/t15-,16?,17-,18+,19?/m0/s1. The molecule has 3 nitrogen and oxygen atoms in total. The second-order valence-electron chi connectivity index (χ2n) is 9.38. The number of hydrogen-bond donors (Lipinski definition) is 0. The molecule has 5 atom stereocenters. The Bertz CT molecular complexity index is 1100. The lowest BCUT2D eigenvalue weighted by Crippen LogP contribution is -2.22. The van der Waals surface area contributed by atoms with E-state index < -0.39 is 0 Å². The van der Waals surface area contributed by atoms with E-state index in [0.717, 1.165) is 42.3 Å². The van der Waals surface area contributed by atoms with Crippen molar-refractivity contribution < 1.29 is 9.18 Å². The first-order valence-corrected chi connectivity index (χ1v) is 11.5. The van der Waals surface area contributed by atoms with E-state index in [1.165, 1.54) is 11.6 Å². The second kappa shape index (κ2) is 8.31.